The minimum absolute atomic E-state index is 0.0639. The van der Waals surface area contributed by atoms with E-state index in [1.165, 1.54) is 6.92 Å². The number of nitrogens with two attached hydrogens (primary N) is 1. The number of primary amides is 1. The maximum atomic E-state index is 12.7. The van der Waals surface area contributed by atoms with Crippen LogP contribution in [0.4, 0.5) is 13.2 Å². The third-order valence-electron chi connectivity index (χ3n) is 3.49. The molecule has 0 fully saturated rings. The van der Waals surface area contributed by atoms with Gasteiger partial charge in [-0.3, -0.25) is 9.59 Å². The first-order valence-electron chi connectivity index (χ1n) is 7.55. The third-order valence-corrected chi connectivity index (χ3v) is 6.86. The lowest BCUT2D eigenvalue weighted by atomic mass is 10.1. The molecule has 3 N–H and O–H groups in total. The van der Waals surface area contributed by atoms with Crippen LogP contribution in [0.2, 0.25) is 0 Å². The van der Waals surface area contributed by atoms with Gasteiger partial charge in [-0.05, 0) is 37.3 Å². The van der Waals surface area contributed by atoms with Gasteiger partial charge >= 0.3 is 6.36 Å². The number of Topliss-reactive ketones (excluding diaryl/α,β-unsaturated/α-hetero) is 1. The van der Waals surface area contributed by atoms with E-state index in [0.29, 0.717) is 11.3 Å². The lowest BCUT2D eigenvalue weighted by Crippen LogP contribution is -2.20. The number of rotatable bonds is 7. The number of hydrogen-bond donors (Lipinski definition) is 2. The van der Waals surface area contributed by atoms with E-state index in [-0.39, 0.29) is 19.5 Å². The van der Waals surface area contributed by atoms with Crippen molar-refractivity contribution in [2.24, 2.45) is 5.73 Å². The zero-order valence-corrected chi connectivity index (χ0v) is 15.8. The summed E-state index contributed by atoms with van der Waals surface area (Å²) in [6, 6.07) is 4.50. The lowest BCUT2D eigenvalue weighted by Gasteiger charge is -2.09. The van der Waals surface area contributed by atoms with E-state index in [0.717, 1.165) is 30.3 Å². The van der Waals surface area contributed by atoms with Crippen molar-refractivity contribution in [1.82, 2.24) is 0 Å². The predicted octanol–water partition coefficient (Wildman–Crippen LogP) is 2.07. The molecule has 0 aliphatic rings. The number of sulfone groups is 1. The van der Waals surface area contributed by atoms with Gasteiger partial charge in [-0.1, -0.05) is 0 Å². The number of carbonyl (C=O) groups is 2. The highest BCUT2D eigenvalue weighted by molar-refractivity contribution is 7.93. The highest BCUT2D eigenvalue weighted by Gasteiger charge is 2.31. The van der Waals surface area contributed by atoms with Crippen molar-refractivity contribution in [1.29, 1.82) is 0 Å². The second-order valence-electron chi connectivity index (χ2n) is 5.61. The van der Waals surface area contributed by atoms with Crippen LogP contribution < -0.4 is 10.5 Å². The van der Waals surface area contributed by atoms with Gasteiger partial charge in [0, 0.05) is 11.3 Å². The Morgan fingerprint density at radius 1 is 1.25 bits per heavy atom. The maximum Gasteiger partial charge on any atom is 0.573 e. The van der Waals surface area contributed by atoms with Crippen molar-refractivity contribution in [3.8, 4) is 5.75 Å². The summed E-state index contributed by atoms with van der Waals surface area (Å²) in [4.78, 5) is 23.0. The molecular weight excluding hydrogens is 423 g/mol. The number of carbonyl (C=O) groups excluding carboxylic acids is 2. The Morgan fingerprint density at radius 3 is 2.29 bits per heavy atom. The Labute approximate surface area is 161 Å². The first-order chi connectivity index (χ1) is 12.8. The first kappa shape index (κ1) is 21.9. The van der Waals surface area contributed by atoms with Gasteiger partial charge in [-0.15, -0.1) is 24.5 Å². The van der Waals surface area contributed by atoms with Gasteiger partial charge in [0.15, 0.2) is 5.78 Å². The number of aliphatic hydroxyl groups is 1. The van der Waals surface area contributed by atoms with E-state index in [4.69, 9.17) is 5.73 Å². The normalized spacial score (nSPS) is 13.2. The molecule has 1 aromatic carbocycles. The average molecular weight is 437 g/mol. The summed E-state index contributed by atoms with van der Waals surface area (Å²) < 4.78 is 65.3. The second-order valence-corrected chi connectivity index (χ2v) is 8.92. The fraction of sp³-hybridized carbons (Fsp3) is 0.250. The molecule has 0 saturated heterocycles. The zero-order valence-electron chi connectivity index (χ0n) is 14.2. The van der Waals surface area contributed by atoms with Crippen molar-refractivity contribution in [3.63, 3.8) is 0 Å². The van der Waals surface area contributed by atoms with Crippen LogP contribution in [0, 0.1) is 0 Å². The molecule has 0 saturated carbocycles. The molecule has 12 heteroatoms. The van der Waals surface area contributed by atoms with Gasteiger partial charge in [-0.25, -0.2) is 8.42 Å². The number of hydrogen-bond acceptors (Lipinski definition) is 7. The van der Waals surface area contributed by atoms with Crippen molar-refractivity contribution < 1.29 is 41.0 Å². The molecule has 28 heavy (non-hydrogen) atoms. The first-order valence-corrected chi connectivity index (χ1v) is 9.85. The molecule has 1 unspecified atom stereocenters. The summed E-state index contributed by atoms with van der Waals surface area (Å²) in [6.07, 6.45) is -6.63. The van der Waals surface area contributed by atoms with Crippen LogP contribution in [-0.4, -0.2) is 37.7 Å². The Balaban J connectivity index is 2.40. The summed E-state index contributed by atoms with van der Waals surface area (Å²) in [5.41, 5.74) is 5.03. The van der Waals surface area contributed by atoms with Crippen molar-refractivity contribution >= 4 is 32.9 Å². The topological polar surface area (TPSA) is 124 Å². The van der Waals surface area contributed by atoms with E-state index >= 15 is 0 Å². The fourth-order valence-electron chi connectivity index (χ4n) is 2.12. The highest BCUT2D eigenvalue weighted by atomic mass is 32.2. The highest BCUT2D eigenvalue weighted by Crippen LogP contribution is 2.33. The maximum absolute atomic E-state index is 12.7. The van der Waals surface area contributed by atoms with Crippen molar-refractivity contribution in [3.05, 3.63) is 40.8 Å². The second kappa shape index (κ2) is 7.89. The number of ether oxygens (including phenoxy) is 1. The number of thiophene rings is 1. The summed E-state index contributed by atoms with van der Waals surface area (Å²) in [5.74, 6) is -2.19. The van der Waals surface area contributed by atoms with Gasteiger partial charge in [0.2, 0.25) is 15.7 Å². The Kier molecular flexibility index (Phi) is 6.16. The van der Waals surface area contributed by atoms with E-state index in [2.05, 4.69) is 4.74 Å². The van der Waals surface area contributed by atoms with Crippen molar-refractivity contribution in [2.75, 3.05) is 0 Å². The number of amides is 1. The molecule has 0 bridgehead atoms. The van der Waals surface area contributed by atoms with E-state index < -0.39 is 46.2 Å². The fourth-order valence-corrected chi connectivity index (χ4v) is 5.05. The Hall–Kier alpha value is -2.44. The number of halogens is 3. The molecule has 152 valence electrons. The molecule has 0 aliphatic heterocycles. The average Bonchev–Trinajstić information content (AvgIpc) is 2.98. The van der Waals surface area contributed by atoms with Gasteiger partial charge < -0.3 is 15.6 Å². The molecule has 1 heterocycles. The zero-order chi connectivity index (χ0) is 21.3. The number of aliphatic hydroxyl groups excluding tert-OH is 1. The SMILES string of the molecule is CC(O)C(=O)Cc1sc(S(=O)(=O)c2ccc(OC(F)(F)F)cc2)cc1C(N)=O. The van der Waals surface area contributed by atoms with E-state index in [1.807, 2.05) is 0 Å². The summed E-state index contributed by atoms with van der Waals surface area (Å²) in [7, 11) is -4.19. The Morgan fingerprint density at radius 2 is 1.82 bits per heavy atom. The minimum Gasteiger partial charge on any atom is -0.406 e. The van der Waals surface area contributed by atoms with Crippen LogP contribution in [0.5, 0.6) is 5.75 Å². The quantitative estimate of drug-likeness (QED) is 0.684. The van der Waals surface area contributed by atoms with Crippen LogP contribution in [0.1, 0.15) is 22.2 Å². The van der Waals surface area contributed by atoms with Crippen molar-refractivity contribution in [2.45, 2.75) is 34.9 Å². The molecule has 7 nitrogen and oxygen atoms in total. The van der Waals surface area contributed by atoms with Crippen LogP contribution in [0.3, 0.4) is 0 Å². The van der Waals surface area contributed by atoms with Crippen LogP contribution in [0.15, 0.2) is 39.4 Å². The molecule has 1 amide bonds. The van der Waals surface area contributed by atoms with Gasteiger partial charge in [-0.2, -0.15) is 0 Å². The smallest absolute Gasteiger partial charge is 0.406 e. The molecule has 0 aliphatic carbocycles. The number of benzene rings is 1. The molecule has 2 rings (SSSR count). The molecular formula is C16H14F3NO6S2. The monoisotopic (exact) mass is 437 g/mol. The standard InChI is InChI=1S/C16H14F3NO6S2/c1-8(21)12(22)7-13-11(15(20)23)6-14(27-13)28(24,25)10-4-2-9(3-5-10)26-16(17,18)19/h2-6,8,21H,7H2,1H3,(H2,20,23). The van der Waals surface area contributed by atoms with Gasteiger partial charge in [0.05, 0.1) is 10.5 Å². The van der Waals surface area contributed by atoms with Gasteiger partial charge in [0.25, 0.3) is 0 Å². The summed E-state index contributed by atoms with van der Waals surface area (Å²) >= 11 is 0.618. The summed E-state index contributed by atoms with van der Waals surface area (Å²) in [5, 5.41) is 9.29. The van der Waals surface area contributed by atoms with E-state index in [9.17, 15) is 36.3 Å². The van der Waals surface area contributed by atoms with Crippen LogP contribution in [0.25, 0.3) is 0 Å². The van der Waals surface area contributed by atoms with Gasteiger partial charge in [0.1, 0.15) is 16.1 Å². The predicted molar refractivity (Wildman–Crippen MR) is 91.8 cm³/mol. The van der Waals surface area contributed by atoms with Crippen LogP contribution in [-0.2, 0) is 21.1 Å². The molecule has 0 radical (unpaired) electrons. The molecule has 1 atom stereocenters. The minimum atomic E-state index is -4.92. The largest absolute Gasteiger partial charge is 0.573 e. The molecule has 1 aromatic heterocycles. The number of ketones is 1. The third kappa shape index (κ3) is 5.09. The molecule has 2 aromatic rings. The van der Waals surface area contributed by atoms with E-state index in [1.54, 1.807) is 0 Å². The van der Waals surface area contributed by atoms with Crippen LogP contribution >= 0.6 is 11.3 Å². The summed E-state index contributed by atoms with van der Waals surface area (Å²) in [6.45, 7) is 1.22. The Bertz CT molecular complexity index is 994. The molecule has 0 spiro atoms. The number of alkyl halides is 3. The lowest BCUT2D eigenvalue weighted by molar-refractivity contribution is -0.274.